The molecule has 7 heteroatoms. The molecule has 18 heavy (non-hydrogen) atoms. The van der Waals surface area contributed by atoms with Crippen molar-refractivity contribution in [2.24, 2.45) is 17.2 Å². The number of benzene rings is 1. The van der Waals surface area contributed by atoms with Gasteiger partial charge in [0.2, 0.25) is 11.8 Å². The fourth-order valence-electron chi connectivity index (χ4n) is 1.65. The van der Waals surface area contributed by atoms with Crippen molar-refractivity contribution in [3.05, 3.63) is 28.8 Å². The number of halogens is 1. The van der Waals surface area contributed by atoms with Crippen LogP contribution in [0.3, 0.4) is 0 Å². The summed E-state index contributed by atoms with van der Waals surface area (Å²) in [6, 6.07) is 5.09. The van der Waals surface area contributed by atoms with Crippen LogP contribution in [0.25, 0.3) is 0 Å². The smallest absolute Gasteiger partial charge is 0.236 e. The van der Waals surface area contributed by atoms with Crippen LogP contribution in [-0.4, -0.2) is 24.9 Å². The molecular formula is C11H15ClN4O2. The zero-order chi connectivity index (χ0) is 13.7. The first-order chi connectivity index (χ1) is 8.45. The van der Waals surface area contributed by atoms with E-state index in [4.69, 9.17) is 28.8 Å². The Balaban J connectivity index is 3.15. The number of primary amides is 2. The number of carbonyl (C=O) groups is 2. The summed E-state index contributed by atoms with van der Waals surface area (Å²) >= 11 is 6.01. The van der Waals surface area contributed by atoms with E-state index in [0.717, 1.165) is 0 Å². The maximum atomic E-state index is 11.0. The summed E-state index contributed by atoms with van der Waals surface area (Å²) in [5.74, 6) is -1.14. The monoisotopic (exact) mass is 270 g/mol. The highest BCUT2D eigenvalue weighted by Gasteiger charge is 2.16. The zero-order valence-electron chi connectivity index (χ0n) is 9.73. The molecule has 0 aliphatic heterocycles. The molecule has 0 spiro atoms. The second-order valence-electron chi connectivity index (χ2n) is 3.73. The molecule has 0 bridgehead atoms. The van der Waals surface area contributed by atoms with Crippen LogP contribution >= 0.6 is 11.6 Å². The van der Waals surface area contributed by atoms with Gasteiger partial charge in [-0.2, -0.15) is 0 Å². The molecule has 0 aromatic heterocycles. The van der Waals surface area contributed by atoms with Gasteiger partial charge in [0.15, 0.2) is 0 Å². The zero-order valence-corrected chi connectivity index (χ0v) is 10.5. The molecule has 98 valence electrons. The van der Waals surface area contributed by atoms with Gasteiger partial charge < -0.3 is 22.1 Å². The van der Waals surface area contributed by atoms with E-state index in [1.165, 1.54) is 4.90 Å². The predicted octanol–water partition coefficient (Wildman–Crippen LogP) is -0.424. The number of hydrogen-bond donors (Lipinski definition) is 3. The van der Waals surface area contributed by atoms with Gasteiger partial charge in [0.1, 0.15) is 0 Å². The molecule has 0 radical (unpaired) electrons. The van der Waals surface area contributed by atoms with Gasteiger partial charge in [0.05, 0.1) is 13.1 Å². The van der Waals surface area contributed by atoms with Crippen LogP contribution in [0.4, 0.5) is 5.69 Å². The molecule has 0 atom stereocenters. The van der Waals surface area contributed by atoms with Crippen LogP contribution in [0.5, 0.6) is 0 Å². The largest absolute Gasteiger partial charge is 0.368 e. The van der Waals surface area contributed by atoms with Crippen molar-refractivity contribution in [3.63, 3.8) is 0 Å². The number of hydrogen-bond acceptors (Lipinski definition) is 4. The third kappa shape index (κ3) is 3.61. The van der Waals surface area contributed by atoms with Crippen LogP contribution in [0.1, 0.15) is 5.56 Å². The summed E-state index contributed by atoms with van der Waals surface area (Å²) in [5, 5.41) is 0.467. The van der Waals surface area contributed by atoms with E-state index < -0.39 is 11.8 Å². The third-order valence-electron chi connectivity index (χ3n) is 2.33. The first kappa shape index (κ1) is 14.3. The van der Waals surface area contributed by atoms with Crippen molar-refractivity contribution in [2.75, 3.05) is 18.0 Å². The van der Waals surface area contributed by atoms with Gasteiger partial charge in [0, 0.05) is 22.8 Å². The fourth-order valence-corrected chi connectivity index (χ4v) is 1.89. The maximum Gasteiger partial charge on any atom is 0.236 e. The second kappa shape index (κ2) is 6.23. The van der Waals surface area contributed by atoms with E-state index in [0.29, 0.717) is 16.3 Å². The molecule has 2 amide bonds. The summed E-state index contributed by atoms with van der Waals surface area (Å²) in [7, 11) is 0. The van der Waals surface area contributed by atoms with Gasteiger partial charge in [-0.05, 0) is 12.1 Å². The number of amides is 2. The summed E-state index contributed by atoms with van der Waals surface area (Å²) < 4.78 is 0. The van der Waals surface area contributed by atoms with Crippen LogP contribution < -0.4 is 22.1 Å². The number of rotatable bonds is 6. The van der Waals surface area contributed by atoms with Crippen molar-refractivity contribution in [1.82, 2.24) is 0 Å². The molecule has 6 nitrogen and oxygen atoms in total. The Morgan fingerprint density at radius 1 is 1.17 bits per heavy atom. The Hall–Kier alpha value is -1.79. The lowest BCUT2D eigenvalue weighted by Crippen LogP contribution is -2.40. The van der Waals surface area contributed by atoms with E-state index in [2.05, 4.69) is 0 Å². The Labute approximate surface area is 110 Å². The Kier molecular flexibility index (Phi) is 4.94. The summed E-state index contributed by atoms with van der Waals surface area (Å²) in [5.41, 5.74) is 17.1. The Morgan fingerprint density at radius 3 is 2.17 bits per heavy atom. The van der Waals surface area contributed by atoms with Crippen molar-refractivity contribution in [3.8, 4) is 0 Å². The number of nitrogens with two attached hydrogens (primary N) is 3. The van der Waals surface area contributed by atoms with E-state index >= 15 is 0 Å². The van der Waals surface area contributed by atoms with E-state index in [1.807, 2.05) is 0 Å². The topological polar surface area (TPSA) is 115 Å². The molecule has 1 aromatic carbocycles. The van der Waals surface area contributed by atoms with Crippen LogP contribution in [0.2, 0.25) is 5.02 Å². The van der Waals surface area contributed by atoms with Crippen molar-refractivity contribution in [2.45, 2.75) is 6.54 Å². The lowest BCUT2D eigenvalue weighted by molar-refractivity contribution is -0.117. The molecule has 6 N–H and O–H groups in total. The SMILES string of the molecule is NCc1c(Cl)cccc1N(CC(N)=O)CC(N)=O. The standard InChI is InChI=1S/C11H15ClN4O2/c12-8-2-1-3-9(7(8)4-13)16(5-10(14)17)6-11(15)18/h1-3H,4-6,13H2,(H2,14,17)(H2,15,18). The van der Waals surface area contributed by atoms with E-state index in [-0.39, 0.29) is 19.6 Å². The molecule has 0 saturated heterocycles. The maximum absolute atomic E-state index is 11.0. The normalized spacial score (nSPS) is 10.1. The molecule has 0 aliphatic rings. The molecule has 1 rings (SSSR count). The van der Waals surface area contributed by atoms with Crippen LogP contribution in [0, 0.1) is 0 Å². The molecule has 0 fully saturated rings. The first-order valence-corrected chi connectivity index (χ1v) is 5.62. The average Bonchev–Trinajstić information content (AvgIpc) is 2.26. The molecule has 0 aliphatic carbocycles. The number of nitrogens with zero attached hydrogens (tertiary/aromatic N) is 1. The van der Waals surface area contributed by atoms with Gasteiger partial charge in [-0.3, -0.25) is 9.59 Å². The Bertz CT molecular complexity index is 448. The van der Waals surface area contributed by atoms with E-state index in [9.17, 15) is 9.59 Å². The average molecular weight is 271 g/mol. The summed E-state index contributed by atoms with van der Waals surface area (Å²) in [4.78, 5) is 23.5. The van der Waals surface area contributed by atoms with E-state index in [1.54, 1.807) is 18.2 Å². The van der Waals surface area contributed by atoms with Crippen LogP contribution in [-0.2, 0) is 16.1 Å². The minimum atomic E-state index is -0.570. The highest BCUT2D eigenvalue weighted by atomic mass is 35.5. The minimum Gasteiger partial charge on any atom is -0.368 e. The van der Waals surface area contributed by atoms with Gasteiger partial charge in [-0.1, -0.05) is 17.7 Å². The van der Waals surface area contributed by atoms with Crippen molar-refractivity contribution < 1.29 is 9.59 Å². The molecule has 1 aromatic rings. The predicted molar refractivity (Wildman–Crippen MR) is 69.9 cm³/mol. The van der Waals surface area contributed by atoms with Crippen molar-refractivity contribution in [1.29, 1.82) is 0 Å². The number of carbonyl (C=O) groups excluding carboxylic acids is 2. The highest BCUT2D eigenvalue weighted by molar-refractivity contribution is 6.31. The van der Waals surface area contributed by atoms with Crippen LogP contribution in [0.15, 0.2) is 18.2 Å². The van der Waals surface area contributed by atoms with Gasteiger partial charge >= 0.3 is 0 Å². The third-order valence-corrected chi connectivity index (χ3v) is 2.69. The summed E-state index contributed by atoms with van der Waals surface area (Å²) in [6.07, 6.45) is 0. The lowest BCUT2D eigenvalue weighted by Gasteiger charge is -2.24. The van der Waals surface area contributed by atoms with Gasteiger partial charge in [-0.25, -0.2) is 0 Å². The molecule has 0 heterocycles. The molecular weight excluding hydrogens is 256 g/mol. The number of anilines is 1. The fraction of sp³-hybridized carbons (Fsp3) is 0.273. The second-order valence-corrected chi connectivity index (χ2v) is 4.14. The first-order valence-electron chi connectivity index (χ1n) is 5.24. The molecule has 0 unspecified atom stereocenters. The lowest BCUT2D eigenvalue weighted by atomic mass is 10.1. The van der Waals surface area contributed by atoms with Gasteiger partial charge in [-0.15, -0.1) is 0 Å². The minimum absolute atomic E-state index is 0.129. The summed E-state index contributed by atoms with van der Waals surface area (Å²) in [6.45, 7) is -0.0738. The van der Waals surface area contributed by atoms with Crippen molar-refractivity contribution >= 4 is 29.1 Å². The Morgan fingerprint density at radius 2 is 1.72 bits per heavy atom. The quantitative estimate of drug-likeness (QED) is 0.651. The van der Waals surface area contributed by atoms with Gasteiger partial charge in [0.25, 0.3) is 0 Å². The molecule has 0 saturated carbocycles. The highest BCUT2D eigenvalue weighted by Crippen LogP contribution is 2.26.